The Morgan fingerprint density at radius 3 is 2.50 bits per heavy atom. The molecule has 1 aliphatic rings. The molecule has 0 aromatic rings. The SMILES string of the molecule is CCCS(=O)(=O)CCN1CCC(=O)NC(C(C)C)C1=O. The summed E-state index contributed by atoms with van der Waals surface area (Å²) in [7, 11) is -3.12. The van der Waals surface area contributed by atoms with Gasteiger partial charge in [0.05, 0.1) is 5.75 Å². The highest BCUT2D eigenvalue weighted by Crippen LogP contribution is 2.11. The topological polar surface area (TPSA) is 83.6 Å². The molecule has 1 rings (SSSR count). The summed E-state index contributed by atoms with van der Waals surface area (Å²) >= 11 is 0. The molecular formula is C13H24N2O4S. The van der Waals surface area contributed by atoms with Crippen LogP contribution in [0.25, 0.3) is 0 Å². The molecule has 20 heavy (non-hydrogen) atoms. The van der Waals surface area contributed by atoms with Crippen molar-refractivity contribution in [3.05, 3.63) is 0 Å². The van der Waals surface area contributed by atoms with E-state index in [-0.39, 0.29) is 48.7 Å². The van der Waals surface area contributed by atoms with Gasteiger partial charge in [-0.3, -0.25) is 9.59 Å². The lowest BCUT2D eigenvalue weighted by Gasteiger charge is -2.25. The van der Waals surface area contributed by atoms with E-state index in [0.29, 0.717) is 6.42 Å². The van der Waals surface area contributed by atoms with Gasteiger partial charge in [0.15, 0.2) is 9.84 Å². The first-order valence-corrected chi connectivity index (χ1v) is 8.87. The molecule has 1 aliphatic heterocycles. The van der Waals surface area contributed by atoms with Gasteiger partial charge in [0.25, 0.3) is 0 Å². The first-order chi connectivity index (χ1) is 9.26. The molecule has 0 aromatic heterocycles. The van der Waals surface area contributed by atoms with Gasteiger partial charge in [-0.2, -0.15) is 0 Å². The highest BCUT2D eigenvalue weighted by molar-refractivity contribution is 7.91. The van der Waals surface area contributed by atoms with Crippen LogP contribution in [0.1, 0.15) is 33.6 Å². The number of carbonyl (C=O) groups excluding carboxylic acids is 2. The van der Waals surface area contributed by atoms with Crippen molar-refractivity contribution < 1.29 is 18.0 Å². The average Bonchev–Trinajstić information content (AvgIpc) is 2.47. The smallest absolute Gasteiger partial charge is 0.245 e. The molecule has 1 heterocycles. The number of hydrogen-bond donors (Lipinski definition) is 1. The number of sulfone groups is 1. The molecule has 1 N–H and O–H groups in total. The predicted molar refractivity (Wildman–Crippen MR) is 76.9 cm³/mol. The van der Waals surface area contributed by atoms with Crippen LogP contribution in [0, 0.1) is 5.92 Å². The molecule has 0 aromatic carbocycles. The van der Waals surface area contributed by atoms with Crippen LogP contribution in [0.5, 0.6) is 0 Å². The fourth-order valence-electron chi connectivity index (χ4n) is 2.19. The Morgan fingerprint density at radius 2 is 1.95 bits per heavy atom. The molecule has 0 bridgehead atoms. The standard InChI is InChI=1S/C13H24N2O4S/c1-4-8-20(18,19)9-7-15-6-5-11(16)14-12(10(2)3)13(15)17/h10,12H,4-9H2,1-3H3,(H,14,16). The van der Waals surface area contributed by atoms with Crippen LogP contribution in [0.2, 0.25) is 0 Å². The fourth-order valence-corrected chi connectivity index (χ4v) is 3.51. The van der Waals surface area contributed by atoms with Crippen LogP contribution in [0.4, 0.5) is 0 Å². The Labute approximate surface area is 120 Å². The molecule has 7 heteroatoms. The Morgan fingerprint density at radius 1 is 1.30 bits per heavy atom. The van der Waals surface area contributed by atoms with Gasteiger partial charge in [0.1, 0.15) is 6.04 Å². The second-order valence-electron chi connectivity index (χ2n) is 5.52. The van der Waals surface area contributed by atoms with Crippen molar-refractivity contribution in [1.29, 1.82) is 0 Å². The lowest BCUT2D eigenvalue weighted by atomic mass is 10.0. The van der Waals surface area contributed by atoms with E-state index in [0.717, 1.165) is 0 Å². The van der Waals surface area contributed by atoms with Crippen LogP contribution < -0.4 is 5.32 Å². The van der Waals surface area contributed by atoms with Crippen molar-refractivity contribution in [3.63, 3.8) is 0 Å². The number of rotatable bonds is 6. The summed E-state index contributed by atoms with van der Waals surface area (Å²) in [6.07, 6.45) is 0.799. The second kappa shape index (κ2) is 7.06. The molecule has 1 fully saturated rings. The minimum atomic E-state index is -3.12. The van der Waals surface area contributed by atoms with Gasteiger partial charge in [-0.1, -0.05) is 20.8 Å². The summed E-state index contributed by atoms with van der Waals surface area (Å²) in [6, 6.07) is -0.557. The van der Waals surface area contributed by atoms with E-state index in [9.17, 15) is 18.0 Å². The molecule has 0 aliphatic carbocycles. The quantitative estimate of drug-likeness (QED) is 0.759. The van der Waals surface area contributed by atoms with E-state index in [1.165, 1.54) is 4.90 Å². The van der Waals surface area contributed by atoms with E-state index in [1.54, 1.807) is 0 Å². The number of hydrogen-bond acceptors (Lipinski definition) is 4. The van der Waals surface area contributed by atoms with E-state index in [4.69, 9.17) is 0 Å². The molecule has 2 amide bonds. The molecular weight excluding hydrogens is 280 g/mol. The maximum Gasteiger partial charge on any atom is 0.245 e. The Hall–Kier alpha value is -1.11. The van der Waals surface area contributed by atoms with Crippen LogP contribution >= 0.6 is 0 Å². The van der Waals surface area contributed by atoms with E-state index >= 15 is 0 Å². The molecule has 0 radical (unpaired) electrons. The lowest BCUT2D eigenvalue weighted by molar-refractivity contribution is -0.134. The predicted octanol–water partition coefficient (Wildman–Crippen LogP) is 0.184. The largest absolute Gasteiger partial charge is 0.344 e. The summed E-state index contributed by atoms with van der Waals surface area (Å²) in [5.41, 5.74) is 0. The summed E-state index contributed by atoms with van der Waals surface area (Å²) < 4.78 is 23.5. The van der Waals surface area contributed by atoms with Gasteiger partial charge < -0.3 is 10.2 Å². The normalized spacial score (nSPS) is 21.0. The molecule has 116 valence electrons. The molecule has 6 nitrogen and oxygen atoms in total. The van der Waals surface area contributed by atoms with Gasteiger partial charge in [-0.15, -0.1) is 0 Å². The van der Waals surface area contributed by atoms with Gasteiger partial charge >= 0.3 is 0 Å². The molecule has 0 saturated carbocycles. The van der Waals surface area contributed by atoms with Crippen LogP contribution in [0.3, 0.4) is 0 Å². The molecule has 1 atom stereocenters. The molecule has 1 saturated heterocycles. The van der Waals surface area contributed by atoms with Crippen molar-refractivity contribution in [2.75, 3.05) is 24.6 Å². The van der Waals surface area contributed by atoms with Crippen molar-refractivity contribution in [2.45, 2.75) is 39.7 Å². The van der Waals surface area contributed by atoms with E-state index in [2.05, 4.69) is 5.32 Å². The first kappa shape index (κ1) is 16.9. The number of nitrogens with one attached hydrogen (secondary N) is 1. The summed E-state index contributed by atoms with van der Waals surface area (Å²) in [6.45, 7) is 5.99. The van der Waals surface area contributed by atoms with Crippen molar-refractivity contribution in [2.24, 2.45) is 5.92 Å². The van der Waals surface area contributed by atoms with Gasteiger partial charge in [-0.25, -0.2) is 8.42 Å². The van der Waals surface area contributed by atoms with Crippen LogP contribution in [-0.2, 0) is 19.4 Å². The Kier molecular flexibility index (Phi) is 5.98. The highest BCUT2D eigenvalue weighted by Gasteiger charge is 2.32. The van der Waals surface area contributed by atoms with Crippen molar-refractivity contribution >= 4 is 21.7 Å². The zero-order chi connectivity index (χ0) is 15.3. The minimum absolute atomic E-state index is 0.0145. The van der Waals surface area contributed by atoms with E-state index < -0.39 is 15.9 Å². The Bertz CT molecular complexity index is 459. The third kappa shape index (κ3) is 4.77. The molecule has 0 spiro atoms. The van der Waals surface area contributed by atoms with Crippen molar-refractivity contribution in [1.82, 2.24) is 10.2 Å². The van der Waals surface area contributed by atoms with Crippen LogP contribution in [0.15, 0.2) is 0 Å². The lowest BCUT2D eigenvalue weighted by Crippen LogP contribution is -2.48. The first-order valence-electron chi connectivity index (χ1n) is 7.05. The summed E-state index contributed by atoms with van der Waals surface area (Å²) in [5, 5.41) is 2.70. The minimum Gasteiger partial charge on any atom is -0.344 e. The number of nitrogens with zero attached hydrogens (tertiary/aromatic N) is 1. The maximum absolute atomic E-state index is 12.3. The van der Waals surface area contributed by atoms with E-state index in [1.807, 2.05) is 20.8 Å². The third-order valence-electron chi connectivity index (χ3n) is 3.36. The summed E-state index contributed by atoms with van der Waals surface area (Å²) in [5.74, 6) is -0.251. The Balaban J connectivity index is 2.73. The molecule has 1 unspecified atom stereocenters. The number of carbonyl (C=O) groups is 2. The zero-order valence-corrected chi connectivity index (χ0v) is 13.2. The van der Waals surface area contributed by atoms with Gasteiger partial charge in [-0.05, 0) is 12.3 Å². The maximum atomic E-state index is 12.3. The average molecular weight is 304 g/mol. The fraction of sp³-hybridized carbons (Fsp3) is 0.846. The monoisotopic (exact) mass is 304 g/mol. The summed E-state index contributed by atoms with van der Waals surface area (Å²) in [4.78, 5) is 25.4. The van der Waals surface area contributed by atoms with Crippen LogP contribution in [-0.4, -0.2) is 55.8 Å². The number of amides is 2. The van der Waals surface area contributed by atoms with Gasteiger partial charge in [0, 0.05) is 25.3 Å². The zero-order valence-electron chi connectivity index (χ0n) is 12.4. The highest BCUT2D eigenvalue weighted by atomic mass is 32.2. The second-order valence-corrected chi connectivity index (χ2v) is 7.82. The van der Waals surface area contributed by atoms with Crippen molar-refractivity contribution in [3.8, 4) is 0 Å². The third-order valence-corrected chi connectivity index (χ3v) is 5.19. The van der Waals surface area contributed by atoms with Gasteiger partial charge in [0.2, 0.25) is 11.8 Å².